The van der Waals surface area contributed by atoms with Crippen LogP contribution in [-0.2, 0) is 6.42 Å². The van der Waals surface area contributed by atoms with Crippen LogP contribution in [0.25, 0.3) is 45.5 Å². The van der Waals surface area contributed by atoms with Gasteiger partial charge in [-0.25, -0.2) is 0 Å². The van der Waals surface area contributed by atoms with Crippen molar-refractivity contribution in [2.75, 3.05) is 20.6 Å². The lowest BCUT2D eigenvalue weighted by Gasteiger charge is -2.06. The molecule has 14 rings (SSSR count). The quantitative estimate of drug-likeness (QED) is 0.0577. The van der Waals surface area contributed by atoms with Crippen molar-refractivity contribution in [3.05, 3.63) is 476 Å². The highest BCUT2D eigenvalue weighted by Crippen LogP contribution is 2.28. The molecule has 0 radical (unpaired) electrons. The third-order valence-corrected chi connectivity index (χ3v) is 24.3. The zero-order valence-electron chi connectivity index (χ0n) is 94.3. The first-order valence-corrected chi connectivity index (χ1v) is 53.5. The van der Waals surface area contributed by atoms with Crippen LogP contribution in [0, 0.1) is 43.4 Å². The maximum absolute atomic E-state index is 3.20. The van der Waals surface area contributed by atoms with Crippen molar-refractivity contribution >= 4 is 12.2 Å². The Kier molecular flexibility index (Phi) is 63.6. The van der Waals surface area contributed by atoms with Crippen LogP contribution in [0.4, 0.5) is 0 Å². The summed E-state index contributed by atoms with van der Waals surface area (Å²) in [6.45, 7) is 64.8. The molecule has 1 nitrogen and oxygen atoms in total. The fraction of sp³-hybridized carbons (Fsp3) is 0.357. The van der Waals surface area contributed by atoms with Crippen LogP contribution in [0.3, 0.4) is 0 Å². The molecule has 0 spiro atoms. The summed E-state index contributed by atoms with van der Waals surface area (Å²) in [6, 6.07) is 130. The lowest BCUT2D eigenvalue weighted by atomic mass is 9.99. The molecule has 764 valence electrons. The minimum atomic E-state index is 0. The molecule has 0 heterocycles. The molecule has 0 aliphatic rings. The average Bonchev–Trinajstić information content (AvgIpc) is 0.855. The third-order valence-electron chi connectivity index (χ3n) is 24.3. The standard InChI is InChI=1S/3C15H16.C15H20.C14H21N.C13H20.C13H18.C13H16.2C10H14.C9H12.CH4/c3*1-12(2)13-8-10-15(11-9-13)14-6-4-3-5-7-14;1-12(2)6-5-7-14-8-10-15(11-9-14)13(3)4;1-12(2)14-9-7-13(8-10-14)6-5-11-15(3)4;3*1-4-5-6-12-7-9-13(10-8-12)11(2)3;1-8(2)10-6-4-9(3)5-7-10;1-8(2)10-6-4-5-9(3)7-10;1-8(2)9-6-4-3-5-7-9;/h3*3-12H,1-2H3;8-13H,6H2,1-4H3;5-10,12H,11H2,1-4H3;7-11H,4-6H2,1-3H3;5-11H,4H2,1-3H3;7-11H,4H2,1-3H3;2*4-8H,1-3H3;3-8H,1-2H3;1H4/b;;;;6-5-;;6-5+;;;;;. The predicted octanol–water partition coefficient (Wildman–Crippen LogP) is 42.7. The summed E-state index contributed by atoms with van der Waals surface area (Å²) in [6.07, 6.45) is 15.5. The second kappa shape index (κ2) is 72.8. The summed E-state index contributed by atoms with van der Waals surface area (Å²) >= 11 is 0. The van der Waals surface area contributed by atoms with Gasteiger partial charge in [-0.15, -0.1) is 0 Å². The Balaban J connectivity index is 0.000000408. The van der Waals surface area contributed by atoms with Crippen LogP contribution < -0.4 is 0 Å². The Bertz CT molecular complexity index is 5550. The molecular formula is C143H187N. The molecule has 0 aromatic heterocycles. The van der Waals surface area contributed by atoms with Crippen molar-refractivity contribution in [3.8, 4) is 57.1 Å². The van der Waals surface area contributed by atoms with Crippen molar-refractivity contribution in [2.24, 2.45) is 5.92 Å². The monoisotopic (exact) mass is 1920 g/mol. The molecular weight excluding hydrogens is 1730 g/mol. The molecule has 14 aromatic rings. The second-order valence-electron chi connectivity index (χ2n) is 41.4. The van der Waals surface area contributed by atoms with Crippen molar-refractivity contribution < 1.29 is 0 Å². The van der Waals surface area contributed by atoms with Gasteiger partial charge in [-0.05, 0) is 254 Å². The van der Waals surface area contributed by atoms with E-state index in [1.54, 1.807) is 0 Å². The van der Waals surface area contributed by atoms with Crippen LogP contribution in [0.5, 0.6) is 0 Å². The van der Waals surface area contributed by atoms with E-state index in [9.17, 15) is 0 Å². The van der Waals surface area contributed by atoms with Gasteiger partial charge < -0.3 is 4.90 Å². The van der Waals surface area contributed by atoms with Gasteiger partial charge in [0.05, 0.1) is 0 Å². The lowest BCUT2D eigenvalue weighted by molar-refractivity contribution is 0.457. The summed E-state index contributed by atoms with van der Waals surface area (Å²) in [5.74, 6) is 20.1. The summed E-state index contributed by atoms with van der Waals surface area (Å²) in [7, 11) is 4.15. The molecule has 144 heavy (non-hydrogen) atoms. The molecule has 0 unspecified atom stereocenters. The number of allylic oxidation sites excluding steroid dienone is 1. The summed E-state index contributed by atoms with van der Waals surface area (Å²) in [5.41, 5.74) is 32.2. The number of benzene rings is 14. The van der Waals surface area contributed by atoms with E-state index >= 15 is 0 Å². The number of rotatable bonds is 23. The molecule has 0 saturated heterocycles. The fourth-order valence-electron chi connectivity index (χ4n) is 14.4. The van der Waals surface area contributed by atoms with Crippen LogP contribution >= 0.6 is 0 Å². The summed E-state index contributed by atoms with van der Waals surface area (Å²) in [5, 5.41) is 0. The maximum atomic E-state index is 3.20. The largest absolute Gasteiger partial charge is 0.306 e. The van der Waals surface area contributed by atoms with E-state index < -0.39 is 0 Å². The van der Waals surface area contributed by atoms with Gasteiger partial charge in [0.2, 0.25) is 0 Å². The summed E-state index contributed by atoms with van der Waals surface area (Å²) in [4.78, 5) is 2.15. The Labute approximate surface area is 882 Å². The van der Waals surface area contributed by atoms with E-state index in [-0.39, 0.29) is 7.43 Å². The van der Waals surface area contributed by atoms with E-state index in [0.717, 1.165) is 36.9 Å². The molecule has 0 N–H and O–H groups in total. The molecule has 0 saturated carbocycles. The van der Waals surface area contributed by atoms with E-state index in [0.29, 0.717) is 71.0 Å². The van der Waals surface area contributed by atoms with Crippen LogP contribution in [0.2, 0.25) is 0 Å². The highest BCUT2D eigenvalue weighted by molar-refractivity contribution is 5.66. The van der Waals surface area contributed by atoms with E-state index in [1.807, 2.05) is 24.3 Å². The predicted molar refractivity (Wildman–Crippen MR) is 647 cm³/mol. The fourth-order valence-corrected chi connectivity index (χ4v) is 14.4. The third kappa shape index (κ3) is 53.8. The van der Waals surface area contributed by atoms with Gasteiger partial charge in [0.15, 0.2) is 0 Å². The molecule has 1 heteroatoms. The molecule has 0 fully saturated rings. The Hall–Kier alpha value is -12.4. The molecule has 0 atom stereocenters. The second-order valence-corrected chi connectivity index (χ2v) is 41.4. The Morgan fingerprint density at radius 3 is 0.771 bits per heavy atom. The minimum Gasteiger partial charge on any atom is -0.306 e. The zero-order chi connectivity index (χ0) is 105. The van der Waals surface area contributed by atoms with Gasteiger partial charge in [-0.3, -0.25) is 0 Å². The SMILES string of the molecule is C.CC(C)CC#Cc1ccc(C(C)C)cc1.CC(C)c1ccc(-c2ccccc2)cc1.CC(C)c1ccc(-c2ccccc2)cc1.CC(C)c1ccc(-c2ccccc2)cc1.CC(C)c1ccc(/C=C\CN(C)C)cc1.CC(C)c1ccccc1.CC/C=C/c1ccc(C(C)C)cc1.CCC#Cc1ccc(C(C)C)cc1.CCCCc1ccc(C(C)C)cc1.Cc1ccc(C(C)C)cc1.Cc1cccc(C(C)C)c1. The lowest BCUT2D eigenvalue weighted by Crippen LogP contribution is -2.10. The van der Waals surface area contributed by atoms with Crippen molar-refractivity contribution in [1.29, 1.82) is 0 Å². The first-order valence-electron chi connectivity index (χ1n) is 53.5. The van der Waals surface area contributed by atoms with Gasteiger partial charge in [-0.2, -0.15) is 0 Å². The number of unbranched alkanes of at least 4 members (excludes halogenated alkanes) is 1. The topological polar surface area (TPSA) is 3.24 Å². The Morgan fingerprint density at radius 1 is 0.250 bits per heavy atom. The number of aryl methyl sites for hydroxylation is 3. The van der Waals surface area contributed by atoms with Crippen molar-refractivity contribution in [2.45, 2.75) is 312 Å². The molecule has 0 aliphatic carbocycles. The highest BCUT2D eigenvalue weighted by Gasteiger charge is 2.08. The van der Waals surface area contributed by atoms with Crippen molar-refractivity contribution in [3.63, 3.8) is 0 Å². The van der Waals surface area contributed by atoms with Gasteiger partial charge in [0, 0.05) is 30.5 Å². The van der Waals surface area contributed by atoms with Gasteiger partial charge in [0.25, 0.3) is 0 Å². The maximum Gasteiger partial charge on any atom is 0.0245 e. The number of hydrogen-bond acceptors (Lipinski definition) is 1. The van der Waals surface area contributed by atoms with Gasteiger partial charge in [0.1, 0.15) is 0 Å². The Morgan fingerprint density at radius 2 is 0.507 bits per heavy atom. The smallest absolute Gasteiger partial charge is 0.0245 e. The van der Waals surface area contributed by atoms with Crippen LogP contribution in [0.1, 0.15) is 392 Å². The normalized spacial score (nSPS) is 10.6. The minimum absolute atomic E-state index is 0. The molecule has 0 bridgehead atoms. The van der Waals surface area contributed by atoms with E-state index in [2.05, 4.69) is 607 Å². The van der Waals surface area contributed by atoms with Crippen LogP contribution in [-0.4, -0.2) is 25.5 Å². The van der Waals surface area contributed by atoms with Gasteiger partial charge in [-0.1, -0.05) is 600 Å². The van der Waals surface area contributed by atoms with E-state index in [4.69, 9.17) is 0 Å². The number of likely N-dealkylation sites (N-methyl/N-ethyl adjacent to an activating group) is 1. The van der Waals surface area contributed by atoms with Crippen molar-refractivity contribution in [1.82, 2.24) is 4.90 Å². The molecule has 0 amide bonds. The number of nitrogens with zero attached hydrogens (tertiary/aromatic N) is 1. The zero-order valence-corrected chi connectivity index (χ0v) is 94.3. The van der Waals surface area contributed by atoms with Gasteiger partial charge >= 0.3 is 0 Å². The molecule has 14 aromatic carbocycles. The first kappa shape index (κ1) is 126. The summed E-state index contributed by atoms with van der Waals surface area (Å²) < 4.78 is 0. The molecule has 0 aliphatic heterocycles. The highest BCUT2D eigenvalue weighted by atomic mass is 15.0. The van der Waals surface area contributed by atoms with E-state index in [1.165, 1.54) is 142 Å². The average molecular weight is 1920 g/mol. The number of hydrogen-bond donors (Lipinski definition) is 0. The first-order chi connectivity index (χ1) is 68.4. The van der Waals surface area contributed by atoms with Crippen LogP contribution in [0.15, 0.2) is 376 Å².